The summed E-state index contributed by atoms with van der Waals surface area (Å²) in [5, 5.41) is 2.24. The van der Waals surface area contributed by atoms with Crippen LogP contribution in [0.5, 0.6) is 0 Å². The third-order valence-electron chi connectivity index (χ3n) is 2.57. The number of halogens is 2. The Balaban J connectivity index is 2.14. The number of ketones is 1. The van der Waals surface area contributed by atoms with Gasteiger partial charge >= 0.3 is 0 Å². The highest BCUT2D eigenvalue weighted by Crippen LogP contribution is 2.22. The number of Topliss-reactive ketones (excluding diaryl/α,β-unsaturated/α-hetero) is 1. The SMILES string of the molecule is NC(C(=O)Cc1cc(F)ccc1Cl)c1cccs1. The minimum atomic E-state index is -0.677. The van der Waals surface area contributed by atoms with Gasteiger partial charge in [-0.1, -0.05) is 17.7 Å². The second-order valence-corrected chi connectivity index (χ2v) is 5.26. The van der Waals surface area contributed by atoms with Gasteiger partial charge in [-0.2, -0.15) is 0 Å². The molecular weight excluding hydrogens is 273 g/mol. The van der Waals surface area contributed by atoms with Gasteiger partial charge in [0.1, 0.15) is 5.82 Å². The maximum Gasteiger partial charge on any atom is 0.159 e. The van der Waals surface area contributed by atoms with Crippen molar-refractivity contribution in [3.05, 3.63) is 57.0 Å². The van der Waals surface area contributed by atoms with E-state index in [1.165, 1.54) is 29.5 Å². The topological polar surface area (TPSA) is 43.1 Å². The first-order valence-corrected chi connectivity index (χ1v) is 6.59. The van der Waals surface area contributed by atoms with Crippen molar-refractivity contribution in [2.75, 3.05) is 0 Å². The molecule has 0 aliphatic rings. The van der Waals surface area contributed by atoms with E-state index >= 15 is 0 Å². The number of benzene rings is 1. The highest BCUT2D eigenvalue weighted by Gasteiger charge is 2.18. The fourth-order valence-electron chi connectivity index (χ4n) is 1.60. The molecule has 18 heavy (non-hydrogen) atoms. The Hall–Kier alpha value is -1.23. The Morgan fingerprint density at radius 3 is 2.89 bits per heavy atom. The molecule has 0 aliphatic heterocycles. The predicted molar refractivity (Wildman–Crippen MR) is 71.4 cm³/mol. The van der Waals surface area contributed by atoms with E-state index < -0.39 is 11.9 Å². The Morgan fingerprint density at radius 1 is 1.44 bits per heavy atom. The zero-order valence-corrected chi connectivity index (χ0v) is 11.0. The number of rotatable bonds is 4. The van der Waals surface area contributed by atoms with Gasteiger partial charge in [0.25, 0.3) is 0 Å². The van der Waals surface area contributed by atoms with E-state index in [0.717, 1.165) is 4.88 Å². The second-order valence-electron chi connectivity index (χ2n) is 3.87. The molecule has 0 fully saturated rings. The lowest BCUT2D eigenvalue weighted by Gasteiger charge is -2.09. The van der Waals surface area contributed by atoms with Gasteiger partial charge in [-0.05, 0) is 35.2 Å². The third kappa shape index (κ3) is 2.96. The average molecular weight is 284 g/mol. The van der Waals surface area contributed by atoms with E-state index in [4.69, 9.17) is 17.3 Å². The molecule has 1 atom stereocenters. The number of hydrogen-bond donors (Lipinski definition) is 1. The van der Waals surface area contributed by atoms with Gasteiger partial charge in [-0.15, -0.1) is 11.3 Å². The van der Waals surface area contributed by atoms with Gasteiger partial charge in [0.05, 0.1) is 6.04 Å². The molecule has 1 aromatic heterocycles. The van der Waals surface area contributed by atoms with Crippen molar-refractivity contribution in [3.63, 3.8) is 0 Å². The van der Waals surface area contributed by atoms with E-state index in [-0.39, 0.29) is 12.2 Å². The van der Waals surface area contributed by atoms with Crippen LogP contribution in [0.2, 0.25) is 5.02 Å². The zero-order valence-electron chi connectivity index (χ0n) is 9.40. The number of hydrogen-bond acceptors (Lipinski definition) is 3. The Bertz CT molecular complexity index is 556. The Kier molecular flexibility index (Phi) is 4.11. The third-order valence-corrected chi connectivity index (χ3v) is 3.89. The minimum absolute atomic E-state index is 0.0374. The van der Waals surface area contributed by atoms with Crippen LogP contribution in [0.25, 0.3) is 0 Å². The van der Waals surface area contributed by atoms with E-state index in [9.17, 15) is 9.18 Å². The van der Waals surface area contributed by atoms with Crippen LogP contribution in [0.4, 0.5) is 4.39 Å². The van der Waals surface area contributed by atoms with Crippen LogP contribution >= 0.6 is 22.9 Å². The maximum atomic E-state index is 13.1. The highest BCUT2D eigenvalue weighted by atomic mass is 35.5. The van der Waals surface area contributed by atoms with Crippen molar-refractivity contribution in [1.29, 1.82) is 0 Å². The van der Waals surface area contributed by atoms with Crippen LogP contribution in [-0.4, -0.2) is 5.78 Å². The van der Waals surface area contributed by atoms with Crippen LogP contribution in [0.1, 0.15) is 16.5 Å². The summed E-state index contributed by atoms with van der Waals surface area (Å²) in [6.45, 7) is 0. The molecule has 0 aliphatic carbocycles. The smallest absolute Gasteiger partial charge is 0.159 e. The molecular formula is C13H11ClFNOS. The summed E-state index contributed by atoms with van der Waals surface area (Å²) >= 11 is 7.34. The molecule has 0 spiro atoms. The van der Waals surface area contributed by atoms with E-state index in [0.29, 0.717) is 10.6 Å². The van der Waals surface area contributed by atoms with Gasteiger partial charge in [-0.25, -0.2) is 4.39 Å². The average Bonchev–Trinajstić information content (AvgIpc) is 2.86. The molecule has 0 radical (unpaired) electrons. The first kappa shape index (κ1) is 13.2. The molecule has 0 saturated heterocycles. The van der Waals surface area contributed by atoms with Crippen LogP contribution in [0.15, 0.2) is 35.7 Å². The molecule has 1 aromatic carbocycles. The van der Waals surface area contributed by atoms with Crippen molar-refractivity contribution >= 4 is 28.7 Å². The minimum Gasteiger partial charge on any atom is -0.317 e. The fraction of sp³-hybridized carbons (Fsp3) is 0.154. The fourth-order valence-corrected chi connectivity index (χ4v) is 2.54. The van der Waals surface area contributed by atoms with Gasteiger partial charge < -0.3 is 5.73 Å². The Morgan fingerprint density at radius 2 is 2.22 bits per heavy atom. The lowest BCUT2D eigenvalue weighted by atomic mass is 10.0. The van der Waals surface area contributed by atoms with Gasteiger partial charge in [0.15, 0.2) is 5.78 Å². The van der Waals surface area contributed by atoms with Crippen LogP contribution in [0.3, 0.4) is 0 Å². The van der Waals surface area contributed by atoms with Gasteiger partial charge in [0.2, 0.25) is 0 Å². The molecule has 94 valence electrons. The maximum absolute atomic E-state index is 13.1. The van der Waals surface area contributed by atoms with Crippen LogP contribution in [-0.2, 0) is 11.2 Å². The van der Waals surface area contributed by atoms with E-state index in [1.807, 2.05) is 11.4 Å². The molecule has 0 bridgehead atoms. The molecule has 0 saturated carbocycles. The molecule has 2 aromatic rings. The molecule has 0 amide bonds. The molecule has 1 heterocycles. The van der Waals surface area contributed by atoms with Gasteiger partial charge in [-0.3, -0.25) is 4.79 Å². The lowest BCUT2D eigenvalue weighted by Crippen LogP contribution is -2.22. The van der Waals surface area contributed by atoms with E-state index in [1.54, 1.807) is 6.07 Å². The summed E-state index contributed by atoms with van der Waals surface area (Å²) in [7, 11) is 0. The van der Waals surface area contributed by atoms with Crippen LogP contribution < -0.4 is 5.73 Å². The zero-order chi connectivity index (χ0) is 13.1. The van der Waals surface area contributed by atoms with Crippen molar-refractivity contribution in [2.45, 2.75) is 12.5 Å². The molecule has 2 N–H and O–H groups in total. The highest BCUT2D eigenvalue weighted by molar-refractivity contribution is 7.10. The first-order chi connectivity index (χ1) is 8.58. The number of carbonyl (C=O) groups is 1. The Labute approximate surface area is 113 Å². The first-order valence-electron chi connectivity index (χ1n) is 5.33. The van der Waals surface area contributed by atoms with Crippen molar-refractivity contribution in [2.24, 2.45) is 5.73 Å². The summed E-state index contributed by atoms with van der Waals surface area (Å²) < 4.78 is 13.1. The lowest BCUT2D eigenvalue weighted by molar-refractivity contribution is -0.119. The normalized spacial score (nSPS) is 12.4. The van der Waals surface area contributed by atoms with Crippen molar-refractivity contribution < 1.29 is 9.18 Å². The quantitative estimate of drug-likeness (QED) is 0.935. The number of nitrogens with two attached hydrogens (primary N) is 1. The number of carbonyl (C=O) groups excluding carboxylic acids is 1. The molecule has 2 nitrogen and oxygen atoms in total. The summed E-state index contributed by atoms with van der Waals surface area (Å²) in [5.74, 6) is -0.586. The molecule has 1 unspecified atom stereocenters. The summed E-state index contributed by atoms with van der Waals surface area (Å²) in [4.78, 5) is 12.8. The largest absolute Gasteiger partial charge is 0.317 e. The van der Waals surface area contributed by atoms with Crippen molar-refractivity contribution in [3.8, 4) is 0 Å². The monoisotopic (exact) mass is 283 g/mol. The van der Waals surface area contributed by atoms with Crippen LogP contribution in [0, 0.1) is 5.82 Å². The van der Waals surface area contributed by atoms with Gasteiger partial charge in [0, 0.05) is 16.3 Å². The summed E-state index contributed by atoms with van der Waals surface area (Å²) in [5.41, 5.74) is 6.31. The second kappa shape index (κ2) is 5.61. The molecule has 5 heteroatoms. The molecule has 2 rings (SSSR count). The predicted octanol–water partition coefficient (Wildman–Crippen LogP) is 3.35. The summed E-state index contributed by atoms with van der Waals surface area (Å²) in [6, 6.07) is 6.93. The number of thiophene rings is 1. The van der Waals surface area contributed by atoms with E-state index in [2.05, 4.69) is 0 Å². The summed E-state index contributed by atoms with van der Waals surface area (Å²) in [6.07, 6.45) is 0.0374. The van der Waals surface area contributed by atoms with Crippen molar-refractivity contribution in [1.82, 2.24) is 0 Å². The standard InChI is InChI=1S/C13H11ClFNOS/c14-10-4-3-9(15)6-8(10)7-11(17)13(16)12-2-1-5-18-12/h1-6,13H,7,16H2.